The van der Waals surface area contributed by atoms with Crippen LogP contribution in [0.3, 0.4) is 0 Å². The third kappa shape index (κ3) is 8.07. The molecular formula is C23H29N7O5. The monoisotopic (exact) mass is 483 g/mol. The highest BCUT2D eigenvalue weighted by molar-refractivity contribution is 5.91. The summed E-state index contributed by atoms with van der Waals surface area (Å²) in [6.45, 7) is 0.0479. The first-order chi connectivity index (χ1) is 16.8. The summed E-state index contributed by atoms with van der Waals surface area (Å²) < 4.78 is 0. The van der Waals surface area contributed by atoms with Crippen LogP contribution in [0.4, 0.5) is 33.5 Å². The number of benzene rings is 2. The molecule has 12 heteroatoms. The van der Waals surface area contributed by atoms with E-state index in [9.17, 15) is 14.7 Å². The summed E-state index contributed by atoms with van der Waals surface area (Å²) >= 11 is 0. The Balaban J connectivity index is 0.000000269. The number of nitrogens with one attached hydrogen (secondary N) is 2. The van der Waals surface area contributed by atoms with Crippen LogP contribution in [-0.4, -0.2) is 42.7 Å². The first-order valence-corrected chi connectivity index (χ1v) is 10.4. The molecule has 186 valence electrons. The predicted octanol–water partition coefficient (Wildman–Crippen LogP) is 1.73. The van der Waals surface area contributed by atoms with Crippen LogP contribution in [0.15, 0.2) is 60.7 Å². The number of aliphatic hydroxyl groups excluding tert-OH is 1. The van der Waals surface area contributed by atoms with Gasteiger partial charge in [-0.25, -0.2) is 14.7 Å². The number of hydrogen-bond donors (Lipinski definition) is 6. The summed E-state index contributed by atoms with van der Waals surface area (Å²) in [6, 6.07) is 16.8. The van der Waals surface area contributed by atoms with Gasteiger partial charge in [0, 0.05) is 12.6 Å². The Morgan fingerprint density at radius 1 is 1.00 bits per heavy atom. The minimum absolute atomic E-state index is 0.177. The van der Waals surface area contributed by atoms with Crippen molar-refractivity contribution in [3.63, 3.8) is 0 Å². The largest absolute Gasteiger partial charge is 0.457 e. The molecule has 0 aliphatic carbocycles. The van der Waals surface area contributed by atoms with Crippen molar-refractivity contribution in [2.45, 2.75) is 6.61 Å². The van der Waals surface area contributed by atoms with Crippen molar-refractivity contribution in [1.29, 1.82) is 0 Å². The molecule has 35 heavy (non-hydrogen) atoms. The Hall–Kier alpha value is -4.55. The van der Waals surface area contributed by atoms with Gasteiger partial charge >= 0.3 is 6.09 Å². The molecule has 2 amide bonds. The summed E-state index contributed by atoms with van der Waals surface area (Å²) in [6.07, 6.45) is -0.723. The van der Waals surface area contributed by atoms with Gasteiger partial charge in [0.2, 0.25) is 11.7 Å². The molecule has 0 saturated heterocycles. The first kappa shape index (κ1) is 26.7. The summed E-state index contributed by atoms with van der Waals surface area (Å²) in [7, 11) is 3.21. The van der Waals surface area contributed by atoms with Crippen molar-refractivity contribution >= 4 is 40.7 Å². The number of likely N-dealkylation sites (N-methyl/N-ethyl adjacent to an activating group) is 1. The van der Waals surface area contributed by atoms with Gasteiger partial charge in [0.1, 0.15) is 11.6 Å². The Morgan fingerprint density at radius 2 is 1.69 bits per heavy atom. The number of aromatic nitrogens is 1. The van der Waals surface area contributed by atoms with Gasteiger partial charge in [0.25, 0.3) is 0 Å². The molecule has 0 spiro atoms. The molecule has 2 aromatic carbocycles. The zero-order chi connectivity index (χ0) is 25.8. The quantitative estimate of drug-likeness (QED) is 0.164. The van der Waals surface area contributed by atoms with Crippen molar-refractivity contribution in [3.8, 4) is 5.75 Å². The van der Waals surface area contributed by atoms with Gasteiger partial charge in [-0.3, -0.25) is 14.6 Å². The fourth-order valence-electron chi connectivity index (χ4n) is 2.67. The van der Waals surface area contributed by atoms with Crippen LogP contribution in [0.5, 0.6) is 5.75 Å². The van der Waals surface area contributed by atoms with Crippen molar-refractivity contribution in [2.75, 3.05) is 48.1 Å². The summed E-state index contributed by atoms with van der Waals surface area (Å²) in [5, 5.41) is 14.5. The lowest BCUT2D eigenvalue weighted by atomic mass is 10.2. The number of nitrogens with two attached hydrogens (primary N) is 3. The molecule has 9 N–H and O–H groups in total. The zero-order valence-electron chi connectivity index (χ0n) is 19.4. The van der Waals surface area contributed by atoms with E-state index in [2.05, 4.69) is 15.6 Å². The molecule has 0 fully saturated rings. The van der Waals surface area contributed by atoms with Gasteiger partial charge in [-0.05, 0) is 37.4 Å². The molecule has 12 nitrogen and oxygen atoms in total. The maximum Gasteiger partial charge on any atom is 0.457 e. The molecule has 0 saturated carbocycles. The van der Waals surface area contributed by atoms with Crippen molar-refractivity contribution in [2.24, 2.45) is 0 Å². The number of anilines is 5. The average molecular weight is 484 g/mol. The summed E-state index contributed by atoms with van der Waals surface area (Å²) in [5.41, 5.74) is 18.5. The van der Waals surface area contributed by atoms with Crippen molar-refractivity contribution < 1.29 is 24.5 Å². The topological polar surface area (TPSA) is 191 Å². The van der Waals surface area contributed by atoms with Crippen LogP contribution in [0.1, 0.15) is 5.56 Å². The minimum atomic E-state index is -0.723. The fourth-order valence-corrected chi connectivity index (χ4v) is 2.67. The minimum Gasteiger partial charge on any atom is -0.396 e. The van der Waals surface area contributed by atoms with Gasteiger partial charge in [-0.2, -0.15) is 0 Å². The SMILES string of the molecule is CN(C(=O)OOc1ccccc1N)c1ccccc1CO.CNCC(=O)Nc1ccc(N)c(N)n1. The number of carbonyl (C=O) groups is 2. The maximum absolute atomic E-state index is 12.0. The fraction of sp³-hybridized carbons (Fsp3) is 0.174. The van der Waals surface area contributed by atoms with E-state index in [0.29, 0.717) is 28.4 Å². The van der Waals surface area contributed by atoms with Crippen LogP contribution < -0.4 is 37.6 Å². The van der Waals surface area contributed by atoms with Gasteiger partial charge in [0.15, 0.2) is 0 Å². The molecule has 1 aromatic heterocycles. The molecule has 0 aliphatic rings. The standard InChI is InChI=1S/C15H16N2O4.C8H13N5O/c1-17(13-8-4-2-6-11(13)10-18)15(19)21-20-14-9-5-3-7-12(14)16;1-11-4-7(14)12-6-3-2-5(9)8(10)13-6/h2-9,18H,10,16H2,1H3;2-3,11H,4,9H2,1H3,(H3,10,12,13,14). The molecule has 0 radical (unpaired) electrons. The molecule has 3 aromatic rings. The molecule has 1 heterocycles. The molecule has 0 aliphatic heterocycles. The lowest BCUT2D eigenvalue weighted by Gasteiger charge is -2.18. The van der Waals surface area contributed by atoms with E-state index >= 15 is 0 Å². The number of aliphatic hydroxyl groups is 1. The third-order valence-electron chi connectivity index (χ3n) is 4.48. The molecule has 0 bridgehead atoms. The Kier molecular flexibility index (Phi) is 10.1. The number of hydrogen-bond acceptors (Lipinski definition) is 10. The Labute approximate surface area is 202 Å². The molecule has 3 rings (SSSR count). The van der Waals surface area contributed by atoms with Crippen LogP contribution >= 0.6 is 0 Å². The third-order valence-corrected chi connectivity index (χ3v) is 4.48. The zero-order valence-corrected chi connectivity index (χ0v) is 19.4. The van der Waals surface area contributed by atoms with Crippen LogP contribution in [0, 0.1) is 0 Å². The van der Waals surface area contributed by atoms with Crippen LogP contribution in [0.25, 0.3) is 0 Å². The predicted molar refractivity (Wildman–Crippen MR) is 134 cm³/mol. The van der Waals surface area contributed by atoms with E-state index in [-0.39, 0.29) is 30.6 Å². The second-order valence-electron chi connectivity index (χ2n) is 7.07. The number of pyridine rings is 1. The molecule has 0 unspecified atom stereocenters. The highest BCUT2D eigenvalue weighted by Gasteiger charge is 2.17. The van der Waals surface area contributed by atoms with Crippen LogP contribution in [-0.2, 0) is 16.3 Å². The second kappa shape index (κ2) is 13.2. The van der Waals surface area contributed by atoms with Gasteiger partial charge in [0.05, 0.1) is 30.2 Å². The van der Waals surface area contributed by atoms with E-state index < -0.39 is 6.09 Å². The second-order valence-corrected chi connectivity index (χ2v) is 7.07. The summed E-state index contributed by atoms with van der Waals surface area (Å²) in [4.78, 5) is 37.9. The number of amides is 2. The van der Waals surface area contributed by atoms with E-state index in [1.807, 2.05) is 0 Å². The number of para-hydroxylation sites is 3. The highest BCUT2D eigenvalue weighted by atomic mass is 17.2. The Bertz CT molecular complexity index is 1140. The summed E-state index contributed by atoms with van der Waals surface area (Å²) in [5.74, 6) is 0.697. The van der Waals surface area contributed by atoms with Gasteiger partial charge in [-0.15, -0.1) is 0 Å². The maximum atomic E-state index is 12.0. The van der Waals surface area contributed by atoms with Gasteiger partial charge in [-0.1, -0.05) is 30.3 Å². The number of nitrogen functional groups attached to an aromatic ring is 3. The van der Waals surface area contributed by atoms with Gasteiger partial charge < -0.3 is 32.9 Å². The average Bonchev–Trinajstić information content (AvgIpc) is 2.85. The highest BCUT2D eigenvalue weighted by Crippen LogP contribution is 2.22. The smallest absolute Gasteiger partial charge is 0.396 e. The van der Waals surface area contributed by atoms with Crippen molar-refractivity contribution in [3.05, 3.63) is 66.2 Å². The van der Waals surface area contributed by atoms with E-state index in [4.69, 9.17) is 27.0 Å². The van der Waals surface area contributed by atoms with Crippen LogP contribution in [0.2, 0.25) is 0 Å². The van der Waals surface area contributed by atoms with Crippen molar-refractivity contribution in [1.82, 2.24) is 10.3 Å². The normalized spacial score (nSPS) is 9.91. The lowest BCUT2D eigenvalue weighted by Crippen LogP contribution is -2.29. The molecular weight excluding hydrogens is 454 g/mol. The molecule has 0 atom stereocenters. The number of rotatable bonds is 7. The Morgan fingerprint density at radius 3 is 2.34 bits per heavy atom. The van der Waals surface area contributed by atoms with E-state index in [0.717, 1.165) is 0 Å². The first-order valence-electron chi connectivity index (χ1n) is 10.4. The number of carbonyl (C=O) groups excluding carboxylic acids is 2. The lowest BCUT2D eigenvalue weighted by molar-refractivity contribution is -0.138. The number of nitrogens with zero attached hydrogens (tertiary/aromatic N) is 2. The van der Waals surface area contributed by atoms with E-state index in [1.54, 1.807) is 67.7 Å². The van der Waals surface area contributed by atoms with E-state index in [1.165, 1.54) is 11.9 Å².